The molecule has 1 aromatic carbocycles. The van der Waals surface area contributed by atoms with Crippen LogP contribution in [0, 0.1) is 0 Å². The van der Waals surface area contributed by atoms with Crippen LogP contribution in [0.1, 0.15) is 12.0 Å². The number of ether oxygens (including phenoxy) is 1. The topological polar surface area (TPSA) is 45.2 Å². The highest BCUT2D eigenvalue weighted by Crippen LogP contribution is 2.28. The number of nitrogens with one attached hydrogen (secondary N) is 1. The molecule has 2 N–H and O–H groups in total. The molecule has 3 nitrogen and oxygen atoms in total. The molecule has 2 aromatic rings. The van der Waals surface area contributed by atoms with E-state index in [0.717, 1.165) is 11.1 Å². The van der Waals surface area contributed by atoms with E-state index in [2.05, 4.69) is 9.72 Å². The summed E-state index contributed by atoms with van der Waals surface area (Å²) in [5.74, 6) is -0.236. The highest BCUT2D eigenvalue weighted by Gasteiger charge is 2.31. The number of aromatic amines is 1. The van der Waals surface area contributed by atoms with E-state index in [9.17, 15) is 13.2 Å². The number of fused-ring (bicyclic) bond motifs is 1. The average Bonchev–Trinajstić information content (AvgIpc) is 2.67. The Balaban J connectivity index is 2.30. The number of rotatable bonds is 4. The van der Waals surface area contributed by atoms with Gasteiger partial charge in [0.25, 0.3) is 0 Å². The predicted molar refractivity (Wildman–Crippen MR) is 60.4 cm³/mol. The number of aryl methyl sites for hydroxylation is 1. The highest BCUT2D eigenvalue weighted by atomic mass is 19.4. The molecule has 98 valence electrons. The number of aliphatic hydroxyl groups is 1. The minimum absolute atomic E-state index is 0.0470. The first-order chi connectivity index (χ1) is 8.49. The molecular weight excluding hydrogens is 247 g/mol. The van der Waals surface area contributed by atoms with E-state index in [4.69, 9.17) is 5.11 Å². The van der Waals surface area contributed by atoms with Gasteiger partial charge in [-0.2, -0.15) is 0 Å². The zero-order valence-corrected chi connectivity index (χ0v) is 9.42. The summed E-state index contributed by atoms with van der Waals surface area (Å²) in [5.41, 5.74) is 1.61. The smallest absolute Gasteiger partial charge is 0.406 e. The molecule has 6 heteroatoms. The predicted octanol–water partition coefficient (Wildman–Crippen LogP) is 2.99. The van der Waals surface area contributed by atoms with E-state index in [-0.39, 0.29) is 12.4 Å². The summed E-state index contributed by atoms with van der Waals surface area (Å²) in [6.07, 6.45) is -1.78. The van der Waals surface area contributed by atoms with Crippen molar-refractivity contribution in [2.45, 2.75) is 19.2 Å². The number of aromatic nitrogens is 1. The lowest BCUT2D eigenvalue weighted by Gasteiger charge is -2.08. The van der Waals surface area contributed by atoms with Crippen LogP contribution in [-0.2, 0) is 6.42 Å². The van der Waals surface area contributed by atoms with Crippen molar-refractivity contribution in [1.29, 1.82) is 0 Å². The van der Waals surface area contributed by atoms with Crippen LogP contribution in [0.4, 0.5) is 13.2 Å². The Morgan fingerprint density at radius 2 is 2.06 bits per heavy atom. The van der Waals surface area contributed by atoms with Crippen molar-refractivity contribution < 1.29 is 23.0 Å². The van der Waals surface area contributed by atoms with Gasteiger partial charge >= 0.3 is 6.36 Å². The molecular formula is C12H12F3NO2. The first-order valence-corrected chi connectivity index (χ1v) is 5.46. The molecule has 0 radical (unpaired) electrons. The Bertz CT molecular complexity index is 534. The van der Waals surface area contributed by atoms with Crippen LogP contribution in [-0.4, -0.2) is 23.1 Å². The van der Waals surface area contributed by atoms with E-state index < -0.39 is 6.36 Å². The minimum atomic E-state index is -4.69. The van der Waals surface area contributed by atoms with Crippen LogP contribution in [0.5, 0.6) is 5.75 Å². The molecule has 1 heterocycles. The molecule has 2 rings (SSSR count). The van der Waals surface area contributed by atoms with E-state index >= 15 is 0 Å². The third-order valence-corrected chi connectivity index (χ3v) is 2.58. The van der Waals surface area contributed by atoms with Gasteiger partial charge in [0.05, 0.1) is 0 Å². The quantitative estimate of drug-likeness (QED) is 0.886. The fraction of sp³-hybridized carbons (Fsp3) is 0.333. The van der Waals surface area contributed by atoms with E-state index in [1.165, 1.54) is 12.1 Å². The second-order valence-corrected chi connectivity index (χ2v) is 3.90. The van der Waals surface area contributed by atoms with Crippen molar-refractivity contribution in [3.05, 3.63) is 30.0 Å². The Kier molecular flexibility index (Phi) is 3.47. The maximum Gasteiger partial charge on any atom is 0.573 e. The van der Waals surface area contributed by atoms with Crippen LogP contribution in [0.15, 0.2) is 24.4 Å². The maximum absolute atomic E-state index is 12.1. The summed E-state index contributed by atoms with van der Waals surface area (Å²) in [5, 5.41) is 9.45. The van der Waals surface area contributed by atoms with E-state index in [0.29, 0.717) is 18.2 Å². The van der Waals surface area contributed by atoms with Crippen LogP contribution in [0.2, 0.25) is 0 Å². The molecule has 0 saturated carbocycles. The average molecular weight is 259 g/mol. The van der Waals surface area contributed by atoms with Gasteiger partial charge in [-0.3, -0.25) is 0 Å². The third-order valence-electron chi connectivity index (χ3n) is 2.58. The fourth-order valence-corrected chi connectivity index (χ4v) is 1.83. The van der Waals surface area contributed by atoms with E-state index in [1.54, 1.807) is 12.3 Å². The van der Waals surface area contributed by atoms with E-state index in [1.807, 2.05) is 0 Å². The number of halogens is 3. The molecule has 0 aliphatic carbocycles. The van der Waals surface area contributed by atoms with Crippen molar-refractivity contribution in [3.63, 3.8) is 0 Å². The maximum atomic E-state index is 12.1. The molecule has 0 unspecified atom stereocenters. The zero-order chi connectivity index (χ0) is 13.2. The van der Waals surface area contributed by atoms with Crippen molar-refractivity contribution in [1.82, 2.24) is 4.98 Å². The summed E-state index contributed by atoms with van der Waals surface area (Å²) in [7, 11) is 0. The molecule has 0 aliphatic rings. The summed E-state index contributed by atoms with van der Waals surface area (Å²) >= 11 is 0. The van der Waals surface area contributed by atoms with Crippen LogP contribution < -0.4 is 4.74 Å². The standard InChI is InChI=1S/C12H12F3NO2/c13-12(14,15)18-9-3-4-11-10(6-9)8(7-16-11)2-1-5-17/h3-4,6-7,16-17H,1-2,5H2. The summed E-state index contributed by atoms with van der Waals surface area (Å²) in [6.45, 7) is 0.0470. The van der Waals surface area contributed by atoms with Gasteiger partial charge in [0.2, 0.25) is 0 Å². The molecule has 1 aromatic heterocycles. The molecule has 0 aliphatic heterocycles. The fourth-order valence-electron chi connectivity index (χ4n) is 1.83. The number of hydrogen-bond donors (Lipinski definition) is 2. The molecule has 0 amide bonds. The SMILES string of the molecule is OCCCc1c[nH]c2ccc(OC(F)(F)F)cc12. The number of hydrogen-bond acceptors (Lipinski definition) is 2. The van der Waals surface area contributed by atoms with Gasteiger partial charge in [-0.25, -0.2) is 0 Å². The van der Waals surface area contributed by atoms with Gasteiger partial charge < -0.3 is 14.8 Å². The second kappa shape index (κ2) is 4.89. The van der Waals surface area contributed by atoms with Gasteiger partial charge in [-0.05, 0) is 36.6 Å². The van der Waals surface area contributed by atoms with Crippen LogP contribution in [0.25, 0.3) is 10.9 Å². The van der Waals surface area contributed by atoms with Crippen LogP contribution in [0.3, 0.4) is 0 Å². The lowest BCUT2D eigenvalue weighted by atomic mass is 10.1. The molecule has 0 saturated heterocycles. The van der Waals surface area contributed by atoms with Gasteiger partial charge in [0.1, 0.15) is 5.75 Å². The Labute approximate surface area is 101 Å². The summed E-state index contributed by atoms with van der Waals surface area (Å²) in [4.78, 5) is 2.97. The van der Waals surface area contributed by atoms with Crippen molar-refractivity contribution in [2.24, 2.45) is 0 Å². The van der Waals surface area contributed by atoms with Crippen LogP contribution >= 0.6 is 0 Å². The summed E-state index contributed by atoms with van der Waals surface area (Å²) < 4.78 is 40.2. The number of H-pyrrole nitrogens is 1. The highest BCUT2D eigenvalue weighted by molar-refractivity contribution is 5.84. The van der Waals surface area contributed by atoms with Gasteiger partial charge in [0, 0.05) is 23.7 Å². The first kappa shape index (κ1) is 12.8. The lowest BCUT2D eigenvalue weighted by Crippen LogP contribution is -2.16. The van der Waals surface area contributed by atoms with Gasteiger partial charge in [-0.1, -0.05) is 0 Å². The van der Waals surface area contributed by atoms with Crippen molar-refractivity contribution >= 4 is 10.9 Å². The van der Waals surface area contributed by atoms with Gasteiger partial charge in [-0.15, -0.1) is 13.2 Å². The lowest BCUT2D eigenvalue weighted by molar-refractivity contribution is -0.274. The number of alkyl halides is 3. The third kappa shape index (κ3) is 2.95. The molecule has 0 atom stereocenters. The Hall–Kier alpha value is -1.69. The normalized spacial score (nSPS) is 12.0. The first-order valence-electron chi connectivity index (χ1n) is 5.46. The zero-order valence-electron chi connectivity index (χ0n) is 9.42. The van der Waals surface area contributed by atoms with Crippen molar-refractivity contribution in [3.8, 4) is 5.75 Å². The Morgan fingerprint density at radius 1 is 1.28 bits per heavy atom. The number of aliphatic hydroxyl groups excluding tert-OH is 1. The molecule has 18 heavy (non-hydrogen) atoms. The minimum Gasteiger partial charge on any atom is -0.406 e. The summed E-state index contributed by atoms with van der Waals surface area (Å²) in [6, 6.07) is 4.16. The Morgan fingerprint density at radius 3 is 2.72 bits per heavy atom. The second-order valence-electron chi connectivity index (χ2n) is 3.90. The number of benzene rings is 1. The molecule has 0 fully saturated rings. The van der Waals surface area contributed by atoms with Gasteiger partial charge in [0.15, 0.2) is 0 Å². The molecule has 0 spiro atoms. The molecule has 0 bridgehead atoms. The largest absolute Gasteiger partial charge is 0.573 e. The van der Waals surface area contributed by atoms with Crippen molar-refractivity contribution in [2.75, 3.05) is 6.61 Å². The monoisotopic (exact) mass is 259 g/mol.